The van der Waals surface area contributed by atoms with E-state index in [0.29, 0.717) is 18.3 Å². The van der Waals surface area contributed by atoms with Crippen molar-refractivity contribution in [1.29, 1.82) is 0 Å². The zero-order valence-electron chi connectivity index (χ0n) is 16.6. The molecule has 1 N–H and O–H groups in total. The molecule has 7 heteroatoms. The van der Waals surface area contributed by atoms with Crippen LogP contribution in [0.15, 0.2) is 66.3 Å². The van der Waals surface area contributed by atoms with Crippen molar-refractivity contribution in [1.82, 2.24) is 20.1 Å². The van der Waals surface area contributed by atoms with Crippen LogP contribution < -0.4 is 10.1 Å². The van der Waals surface area contributed by atoms with Crippen LogP contribution in [0.4, 0.5) is 0 Å². The van der Waals surface area contributed by atoms with Crippen molar-refractivity contribution >= 4 is 17.7 Å². The number of amides is 1. The molecule has 0 aliphatic rings. The number of rotatable bonds is 9. The molecule has 0 bridgehead atoms. The molecule has 150 valence electrons. The fraction of sp³-hybridized carbons (Fsp3) is 0.227. The van der Waals surface area contributed by atoms with Crippen molar-refractivity contribution in [3.05, 3.63) is 66.7 Å². The molecule has 1 aromatic heterocycles. The van der Waals surface area contributed by atoms with Crippen molar-refractivity contribution < 1.29 is 9.53 Å². The number of benzene rings is 2. The van der Waals surface area contributed by atoms with E-state index in [9.17, 15) is 4.79 Å². The summed E-state index contributed by atoms with van der Waals surface area (Å²) in [7, 11) is 0. The molecule has 0 spiro atoms. The van der Waals surface area contributed by atoms with Gasteiger partial charge >= 0.3 is 0 Å². The van der Waals surface area contributed by atoms with Gasteiger partial charge in [0.15, 0.2) is 11.0 Å². The predicted octanol–water partition coefficient (Wildman–Crippen LogP) is 4.04. The molecule has 0 fully saturated rings. The normalized spacial score (nSPS) is 10.6. The highest BCUT2D eigenvalue weighted by Gasteiger charge is 2.17. The molecular weight excluding hydrogens is 384 g/mol. The van der Waals surface area contributed by atoms with Gasteiger partial charge in [-0.3, -0.25) is 9.36 Å². The SMILES string of the molecule is C=CCNC(=O)CSc1nnc(-c2cccc(C)c2)n1-c1ccc(OCC)cc1. The molecule has 0 aliphatic carbocycles. The molecule has 1 amide bonds. The zero-order chi connectivity index (χ0) is 20.6. The Kier molecular flexibility index (Phi) is 7.08. The smallest absolute Gasteiger partial charge is 0.230 e. The number of nitrogens with one attached hydrogen (secondary N) is 1. The van der Waals surface area contributed by atoms with Crippen LogP contribution in [0.25, 0.3) is 17.1 Å². The number of aryl methyl sites for hydroxylation is 1. The molecule has 0 radical (unpaired) electrons. The lowest BCUT2D eigenvalue weighted by Gasteiger charge is -2.12. The molecule has 29 heavy (non-hydrogen) atoms. The zero-order valence-corrected chi connectivity index (χ0v) is 17.4. The molecule has 2 aromatic carbocycles. The van der Waals surface area contributed by atoms with E-state index in [4.69, 9.17) is 4.74 Å². The highest BCUT2D eigenvalue weighted by molar-refractivity contribution is 7.99. The summed E-state index contributed by atoms with van der Waals surface area (Å²) >= 11 is 1.35. The molecule has 0 saturated heterocycles. The van der Waals surface area contributed by atoms with E-state index in [1.165, 1.54) is 11.8 Å². The number of hydrogen-bond donors (Lipinski definition) is 1. The summed E-state index contributed by atoms with van der Waals surface area (Å²) in [4.78, 5) is 12.0. The van der Waals surface area contributed by atoms with E-state index in [1.807, 2.05) is 60.9 Å². The Morgan fingerprint density at radius 2 is 2.03 bits per heavy atom. The number of thioether (sulfide) groups is 1. The Morgan fingerprint density at radius 1 is 1.24 bits per heavy atom. The van der Waals surface area contributed by atoms with Crippen LogP contribution in [-0.2, 0) is 4.79 Å². The van der Waals surface area contributed by atoms with Gasteiger partial charge in [0.1, 0.15) is 5.75 Å². The molecular formula is C22H24N4O2S. The predicted molar refractivity (Wildman–Crippen MR) is 117 cm³/mol. The van der Waals surface area contributed by atoms with Gasteiger partial charge in [0.05, 0.1) is 12.4 Å². The van der Waals surface area contributed by atoms with Crippen LogP contribution in [0.1, 0.15) is 12.5 Å². The number of aromatic nitrogens is 3. The average molecular weight is 409 g/mol. The summed E-state index contributed by atoms with van der Waals surface area (Å²) in [5.74, 6) is 1.70. The van der Waals surface area contributed by atoms with Gasteiger partial charge in [-0.05, 0) is 44.2 Å². The number of carbonyl (C=O) groups excluding carboxylic acids is 1. The van der Waals surface area contributed by atoms with E-state index in [1.54, 1.807) is 6.08 Å². The van der Waals surface area contributed by atoms with Gasteiger partial charge in [0, 0.05) is 17.8 Å². The maximum Gasteiger partial charge on any atom is 0.230 e. The molecule has 3 rings (SSSR count). The highest BCUT2D eigenvalue weighted by atomic mass is 32.2. The van der Waals surface area contributed by atoms with Gasteiger partial charge in [0.25, 0.3) is 0 Å². The molecule has 6 nitrogen and oxygen atoms in total. The fourth-order valence-corrected chi connectivity index (χ4v) is 3.57. The third-order valence-corrected chi connectivity index (χ3v) is 5.02. The van der Waals surface area contributed by atoms with Crippen LogP contribution in [0.3, 0.4) is 0 Å². The Bertz CT molecular complexity index is 983. The van der Waals surface area contributed by atoms with E-state index >= 15 is 0 Å². The molecule has 0 unspecified atom stereocenters. The number of ether oxygens (including phenoxy) is 1. The number of carbonyl (C=O) groups is 1. The Hall–Kier alpha value is -3.06. The Labute approximate surface area is 175 Å². The van der Waals surface area contributed by atoms with Crippen LogP contribution >= 0.6 is 11.8 Å². The molecule has 0 atom stereocenters. The third-order valence-electron chi connectivity index (χ3n) is 4.09. The van der Waals surface area contributed by atoms with Crippen molar-refractivity contribution in [3.63, 3.8) is 0 Å². The first kappa shape index (κ1) is 20.7. The minimum absolute atomic E-state index is 0.0757. The number of nitrogens with zero attached hydrogens (tertiary/aromatic N) is 3. The lowest BCUT2D eigenvalue weighted by Crippen LogP contribution is -2.25. The van der Waals surface area contributed by atoms with Crippen molar-refractivity contribution in [3.8, 4) is 22.8 Å². The van der Waals surface area contributed by atoms with Gasteiger partial charge < -0.3 is 10.1 Å². The lowest BCUT2D eigenvalue weighted by atomic mass is 10.1. The quantitative estimate of drug-likeness (QED) is 0.428. The minimum Gasteiger partial charge on any atom is -0.494 e. The second kappa shape index (κ2) is 9.93. The highest BCUT2D eigenvalue weighted by Crippen LogP contribution is 2.29. The number of hydrogen-bond acceptors (Lipinski definition) is 5. The van der Waals surface area contributed by atoms with E-state index < -0.39 is 0 Å². The Morgan fingerprint density at radius 3 is 2.72 bits per heavy atom. The summed E-state index contributed by atoms with van der Waals surface area (Å²) < 4.78 is 7.52. The van der Waals surface area contributed by atoms with E-state index in [-0.39, 0.29) is 11.7 Å². The minimum atomic E-state index is -0.0757. The maximum absolute atomic E-state index is 12.0. The second-order valence-electron chi connectivity index (χ2n) is 6.32. The molecule has 3 aromatic rings. The monoisotopic (exact) mass is 408 g/mol. The maximum atomic E-state index is 12.0. The summed E-state index contributed by atoms with van der Waals surface area (Å²) in [6.45, 7) is 8.66. The van der Waals surface area contributed by atoms with Crippen molar-refractivity contribution in [2.45, 2.75) is 19.0 Å². The first-order valence-electron chi connectivity index (χ1n) is 9.38. The molecule has 1 heterocycles. The van der Waals surface area contributed by atoms with Gasteiger partial charge in [-0.1, -0.05) is 41.6 Å². The topological polar surface area (TPSA) is 69.0 Å². The van der Waals surface area contributed by atoms with Gasteiger partial charge in [-0.2, -0.15) is 0 Å². The first-order valence-corrected chi connectivity index (χ1v) is 10.4. The lowest BCUT2D eigenvalue weighted by molar-refractivity contribution is -0.118. The standard InChI is InChI=1S/C22H24N4O2S/c1-4-13-23-20(27)15-29-22-25-24-21(17-8-6-7-16(3)14-17)26(22)18-9-11-19(12-10-18)28-5-2/h4,6-12,14H,1,5,13,15H2,2-3H3,(H,23,27). The van der Waals surface area contributed by atoms with E-state index in [0.717, 1.165) is 28.4 Å². The molecule has 0 aliphatic heterocycles. The summed E-state index contributed by atoms with van der Waals surface area (Å²) in [5.41, 5.74) is 3.01. The summed E-state index contributed by atoms with van der Waals surface area (Å²) in [6, 6.07) is 15.9. The van der Waals surface area contributed by atoms with Gasteiger partial charge in [0.2, 0.25) is 5.91 Å². The Balaban J connectivity index is 1.96. The average Bonchev–Trinajstić information content (AvgIpc) is 3.15. The van der Waals surface area contributed by atoms with Crippen molar-refractivity contribution in [2.24, 2.45) is 0 Å². The first-order chi connectivity index (χ1) is 14.1. The second-order valence-corrected chi connectivity index (χ2v) is 7.26. The van der Waals surface area contributed by atoms with Gasteiger partial charge in [-0.15, -0.1) is 16.8 Å². The third kappa shape index (κ3) is 5.26. The largest absolute Gasteiger partial charge is 0.494 e. The molecule has 0 saturated carbocycles. The van der Waals surface area contributed by atoms with Crippen LogP contribution in [-0.4, -0.2) is 39.6 Å². The summed E-state index contributed by atoms with van der Waals surface area (Å²) in [5, 5.41) is 12.2. The van der Waals surface area contributed by atoms with Crippen molar-refractivity contribution in [2.75, 3.05) is 18.9 Å². The summed E-state index contributed by atoms with van der Waals surface area (Å²) in [6.07, 6.45) is 1.65. The van der Waals surface area contributed by atoms with Gasteiger partial charge in [-0.25, -0.2) is 0 Å². The van der Waals surface area contributed by atoms with E-state index in [2.05, 4.69) is 28.2 Å². The van der Waals surface area contributed by atoms with Crippen LogP contribution in [0.5, 0.6) is 5.75 Å². The van der Waals surface area contributed by atoms with Crippen LogP contribution in [0, 0.1) is 6.92 Å². The van der Waals surface area contributed by atoms with Crippen LogP contribution in [0.2, 0.25) is 0 Å². The fourth-order valence-electron chi connectivity index (χ4n) is 2.79.